The number of hydrogen-bond acceptors (Lipinski definition) is 2. The summed E-state index contributed by atoms with van der Waals surface area (Å²) < 4.78 is 5.44. The van der Waals surface area contributed by atoms with E-state index in [0.717, 1.165) is 0 Å². The van der Waals surface area contributed by atoms with Crippen LogP contribution in [-0.2, 0) is 0 Å². The molecule has 0 fully saturated rings. The van der Waals surface area contributed by atoms with Gasteiger partial charge in [-0.2, -0.15) is 0 Å². The Bertz CT molecular complexity index is 343. The Balaban J connectivity index is 2.67. The average Bonchev–Trinajstić information content (AvgIpc) is 2.10. The number of ether oxygens (including phenoxy) is 1. The summed E-state index contributed by atoms with van der Waals surface area (Å²) >= 11 is 5.91. The molecule has 0 bridgehead atoms. The first-order valence-corrected chi connectivity index (χ1v) is 4.78. The lowest BCUT2D eigenvalue weighted by atomic mass is 10.3. The predicted octanol–water partition coefficient (Wildman–Crippen LogP) is 3.27. The molecule has 1 aromatic rings. The van der Waals surface area contributed by atoms with Gasteiger partial charge in [0.1, 0.15) is 12.4 Å². The fourth-order valence-electron chi connectivity index (χ4n) is 0.929. The molecule has 0 saturated carbocycles. The van der Waals surface area contributed by atoms with Gasteiger partial charge in [0.25, 0.3) is 0 Å². The van der Waals surface area contributed by atoms with Gasteiger partial charge < -0.3 is 10.5 Å². The molecular weight excluding hydrogens is 198 g/mol. The van der Waals surface area contributed by atoms with E-state index in [-0.39, 0.29) is 0 Å². The average molecular weight is 212 g/mol. The van der Waals surface area contributed by atoms with Crippen LogP contribution in [0.25, 0.3) is 0 Å². The molecule has 76 valence electrons. The number of anilines is 1. The molecule has 0 amide bonds. The van der Waals surface area contributed by atoms with E-state index in [1.54, 1.807) is 18.2 Å². The zero-order valence-corrected chi connectivity index (χ0v) is 9.14. The topological polar surface area (TPSA) is 35.2 Å². The van der Waals surface area contributed by atoms with E-state index in [1.165, 1.54) is 5.57 Å². The van der Waals surface area contributed by atoms with Crippen LogP contribution in [0.15, 0.2) is 29.8 Å². The third-order valence-electron chi connectivity index (χ3n) is 1.69. The number of halogens is 1. The first-order chi connectivity index (χ1) is 6.59. The molecule has 0 saturated heterocycles. The Hall–Kier alpha value is -1.15. The quantitative estimate of drug-likeness (QED) is 0.615. The van der Waals surface area contributed by atoms with Gasteiger partial charge in [0.2, 0.25) is 0 Å². The predicted molar refractivity (Wildman–Crippen MR) is 60.8 cm³/mol. The highest BCUT2D eigenvalue weighted by atomic mass is 35.5. The molecule has 0 unspecified atom stereocenters. The lowest BCUT2D eigenvalue weighted by molar-refractivity contribution is 0.362. The molecule has 14 heavy (non-hydrogen) atoms. The van der Waals surface area contributed by atoms with Crippen molar-refractivity contribution in [3.8, 4) is 5.75 Å². The van der Waals surface area contributed by atoms with Crippen LogP contribution in [0.4, 0.5) is 5.69 Å². The molecule has 0 aliphatic carbocycles. The van der Waals surface area contributed by atoms with Gasteiger partial charge in [-0.05, 0) is 32.1 Å². The van der Waals surface area contributed by atoms with E-state index in [9.17, 15) is 0 Å². The lowest BCUT2D eigenvalue weighted by Crippen LogP contribution is -1.96. The fraction of sp³-hybridized carbons (Fsp3) is 0.273. The molecule has 0 radical (unpaired) electrons. The molecule has 0 atom stereocenters. The van der Waals surface area contributed by atoms with Crippen molar-refractivity contribution in [2.24, 2.45) is 0 Å². The highest BCUT2D eigenvalue weighted by Gasteiger charge is 2.00. The summed E-state index contributed by atoms with van der Waals surface area (Å²) in [6, 6.07) is 5.20. The van der Waals surface area contributed by atoms with Gasteiger partial charge in [-0.25, -0.2) is 0 Å². The summed E-state index contributed by atoms with van der Waals surface area (Å²) in [4.78, 5) is 0. The van der Waals surface area contributed by atoms with E-state index in [0.29, 0.717) is 23.1 Å². The molecule has 2 nitrogen and oxygen atoms in total. The van der Waals surface area contributed by atoms with Crippen molar-refractivity contribution < 1.29 is 4.74 Å². The second-order valence-electron chi connectivity index (χ2n) is 3.28. The second-order valence-corrected chi connectivity index (χ2v) is 3.69. The van der Waals surface area contributed by atoms with Crippen LogP contribution in [-0.4, -0.2) is 6.61 Å². The SMILES string of the molecule is CC(C)=CCOc1cc(N)ccc1Cl. The molecule has 0 aliphatic rings. The van der Waals surface area contributed by atoms with Crippen LogP contribution >= 0.6 is 11.6 Å². The molecule has 2 N–H and O–H groups in total. The minimum absolute atomic E-state index is 0.519. The zero-order chi connectivity index (χ0) is 10.6. The van der Waals surface area contributed by atoms with Crippen LogP contribution in [0.3, 0.4) is 0 Å². The van der Waals surface area contributed by atoms with E-state index >= 15 is 0 Å². The Morgan fingerprint density at radius 3 is 2.86 bits per heavy atom. The number of benzene rings is 1. The van der Waals surface area contributed by atoms with Crippen LogP contribution in [0, 0.1) is 0 Å². The van der Waals surface area contributed by atoms with Crippen molar-refractivity contribution in [3.05, 3.63) is 34.9 Å². The van der Waals surface area contributed by atoms with Gasteiger partial charge in [0.15, 0.2) is 0 Å². The zero-order valence-electron chi connectivity index (χ0n) is 8.38. The molecular formula is C11H14ClNO. The van der Waals surface area contributed by atoms with Gasteiger partial charge in [0, 0.05) is 11.8 Å². The van der Waals surface area contributed by atoms with Gasteiger partial charge in [-0.15, -0.1) is 0 Å². The summed E-state index contributed by atoms with van der Waals surface area (Å²) in [7, 11) is 0. The van der Waals surface area contributed by atoms with Crippen LogP contribution in [0.1, 0.15) is 13.8 Å². The largest absolute Gasteiger partial charge is 0.488 e. The first kappa shape index (κ1) is 10.9. The maximum Gasteiger partial charge on any atom is 0.140 e. The Labute approximate surface area is 89.3 Å². The molecule has 0 spiro atoms. The first-order valence-electron chi connectivity index (χ1n) is 4.41. The molecule has 3 heteroatoms. The van der Waals surface area contributed by atoms with Crippen molar-refractivity contribution in [2.45, 2.75) is 13.8 Å². The maximum atomic E-state index is 5.91. The van der Waals surface area contributed by atoms with Gasteiger partial charge in [-0.3, -0.25) is 0 Å². The van der Waals surface area contributed by atoms with Crippen molar-refractivity contribution >= 4 is 17.3 Å². The highest BCUT2D eigenvalue weighted by molar-refractivity contribution is 6.32. The third-order valence-corrected chi connectivity index (χ3v) is 2.00. The van der Waals surface area contributed by atoms with Crippen molar-refractivity contribution in [1.29, 1.82) is 0 Å². The third kappa shape index (κ3) is 3.30. The van der Waals surface area contributed by atoms with E-state index < -0.39 is 0 Å². The van der Waals surface area contributed by atoms with Crippen LogP contribution in [0.5, 0.6) is 5.75 Å². The summed E-state index contributed by atoms with van der Waals surface area (Å²) in [5, 5.41) is 0.585. The minimum atomic E-state index is 0.519. The maximum absolute atomic E-state index is 5.91. The Kier molecular flexibility index (Phi) is 3.84. The summed E-state index contributed by atoms with van der Waals surface area (Å²) in [5.74, 6) is 0.629. The molecule has 1 rings (SSSR count). The summed E-state index contributed by atoms with van der Waals surface area (Å²) in [6.45, 7) is 4.56. The molecule has 0 aliphatic heterocycles. The van der Waals surface area contributed by atoms with Gasteiger partial charge in [-0.1, -0.05) is 17.2 Å². The molecule has 0 aromatic heterocycles. The molecule has 1 aromatic carbocycles. The van der Waals surface area contributed by atoms with Crippen LogP contribution < -0.4 is 10.5 Å². The Morgan fingerprint density at radius 1 is 1.50 bits per heavy atom. The highest BCUT2D eigenvalue weighted by Crippen LogP contribution is 2.26. The smallest absolute Gasteiger partial charge is 0.140 e. The number of allylic oxidation sites excluding steroid dienone is 1. The van der Waals surface area contributed by atoms with Gasteiger partial charge in [0.05, 0.1) is 5.02 Å². The normalized spacial score (nSPS) is 9.64. The summed E-state index contributed by atoms with van der Waals surface area (Å²) in [6.07, 6.45) is 1.99. The number of rotatable bonds is 3. The number of hydrogen-bond donors (Lipinski definition) is 1. The van der Waals surface area contributed by atoms with E-state index in [4.69, 9.17) is 22.1 Å². The van der Waals surface area contributed by atoms with Crippen molar-refractivity contribution in [1.82, 2.24) is 0 Å². The van der Waals surface area contributed by atoms with E-state index in [1.807, 2.05) is 19.9 Å². The number of nitrogens with two attached hydrogens (primary N) is 1. The van der Waals surface area contributed by atoms with Crippen molar-refractivity contribution in [3.63, 3.8) is 0 Å². The lowest BCUT2D eigenvalue weighted by Gasteiger charge is -2.06. The minimum Gasteiger partial charge on any atom is -0.488 e. The summed E-state index contributed by atoms with van der Waals surface area (Å²) in [5.41, 5.74) is 7.47. The monoisotopic (exact) mass is 211 g/mol. The second kappa shape index (κ2) is 4.91. The van der Waals surface area contributed by atoms with Crippen molar-refractivity contribution in [2.75, 3.05) is 12.3 Å². The standard InChI is InChI=1S/C11H14ClNO/c1-8(2)5-6-14-11-7-9(13)3-4-10(11)12/h3-5,7H,6,13H2,1-2H3. The number of nitrogen functional groups attached to an aromatic ring is 1. The Morgan fingerprint density at radius 2 is 2.21 bits per heavy atom. The fourth-order valence-corrected chi connectivity index (χ4v) is 1.10. The van der Waals surface area contributed by atoms with E-state index in [2.05, 4.69) is 0 Å². The van der Waals surface area contributed by atoms with Gasteiger partial charge >= 0.3 is 0 Å². The van der Waals surface area contributed by atoms with Crippen LogP contribution in [0.2, 0.25) is 5.02 Å². The molecule has 0 heterocycles.